The van der Waals surface area contributed by atoms with Crippen LogP contribution in [0.4, 0.5) is 5.69 Å². The van der Waals surface area contributed by atoms with Gasteiger partial charge < -0.3 is 24.8 Å². The maximum atomic E-state index is 12.3. The van der Waals surface area contributed by atoms with Gasteiger partial charge in [-0.25, -0.2) is 4.79 Å². The Balaban J connectivity index is 1.60. The molecule has 2 amide bonds. The van der Waals surface area contributed by atoms with E-state index in [1.165, 1.54) is 26.4 Å². The first-order valence-electron chi connectivity index (χ1n) is 9.10. The molecule has 0 heterocycles. The largest absolute Gasteiger partial charge is 0.497 e. The number of anilines is 1. The number of amides is 2. The molecule has 1 fully saturated rings. The highest BCUT2D eigenvalue weighted by Gasteiger charge is 2.25. The SMILES string of the molecule is COc1cc(OC)cc(C(=O)OCC(=O)Nc2ccccc2C(=O)NC2CC2)c1. The van der Waals surface area contributed by atoms with E-state index < -0.39 is 18.5 Å². The summed E-state index contributed by atoms with van der Waals surface area (Å²) in [6.45, 7) is -0.503. The molecule has 2 aromatic rings. The van der Waals surface area contributed by atoms with Gasteiger partial charge in [0, 0.05) is 12.1 Å². The Morgan fingerprint density at radius 3 is 2.28 bits per heavy atom. The van der Waals surface area contributed by atoms with Crippen LogP contribution >= 0.6 is 0 Å². The molecule has 2 aromatic carbocycles. The van der Waals surface area contributed by atoms with Crippen molar-refractivity contribution in [3.63, 3.8) is 0 Å². The molecule has 8 nitrogen and oxygen atoms in total. The third-order valence-electron chi connectivity index (χ3n) is 4.28. The predicted octanol–water partition coefficient (Wildman–Crippen LogP) is 2.39. The Hall–Kier alpha value is -3.55. The summed E-state index contributed by atoms with van der Waals surface area (Å²) >= 11 is 0. The standard InChI is InChI=1S/C21H22N2O6/c1-27-15-9-13(10-16(11-15)28-2)21(26)29-12-19(24)23-18-6-4-3-5-17(18)20(25)22-14-7-8-14/h3-6,9-11,14H,7-8,12H2,1-2H3,(H,22,25)(H,23,24). The van der Waals surface area contributed by atoms with Crippen molar-refractivity contribution in [3.8, 4) is 11.5 Å². The van der Waals surface area contributed by atoms with E-state index in [1.54, 1.807) is 30.3 Å². The van der Waals surface area contributed by atoms with Gasteiger partial charge in [0.25, 0.3) is 11.8 Å². The molecule has 152 valence electrons. The normalized spacial score (nSPS) is 12.6. The van der Waals surface area contributed by atoms with Gasteiger partial charge in [-0.1, -0.05) is 12.1 Å². The van der Waals surface area contributed by atoms with Gasteiger partial charge in [-0.05, 0) is 37.1 Å². The number of carbonyl (C=O) groups is 3. The third-order valence-corrected chi connectivity index (χ3v) is 4.28. The molecule has 1 saturated carbocycles. The van der Waals surface area contributed by atoms with Crippen molar-refractivity contribution in [3.05, 3.63) is 53.6 Å². The van der Waals surface area contributed by atoms with E-state index in [4.69, 9.17) is 14.2 Å². The fraction of sp³-hybridized carbons (Fsp3) is 0.286. The van der Waals surface area contributed by atoms with Crippen LogP contribution in [0.1, 0.15) is 33.6 Å². The smallest absolute Gasteiger partial charge is 0.338 e. The summed E-state index contributed by atoms with van der Waals surface area (Å²) in [5.41, 5.74) is 0.907. The summed E-state index contributed by atoms with van der Waals surface area (Å²) in [4.78, 5) is 36.8. The maximum Gasteiger partial charge on any atom is 0.338 e. The van der Waals surface area contributed by atoms with E-state index in [1.807, 2.05) is 0 Å². The van der Waals surface area contributed by atoms with E-state index in [0.29, 0.717) is 22.7 Å². The lowest BCUT2D eigenvalue weighted by molar-refractivity contribution is -0.119. The van der Waals surface area contributed by atoms with Crippen molar-refractivity contribution >= 4 is 23.5 Å². The topological polar surface area (TPSA) is 103 Å². The Morgan fingerprint density at radius 1 is 1.00 bits per heavy atom. The fourth-order valence-electron chi connectivity index (χ4n) is 2.61. The first-order valence-corrected chi connectivity index (χ1v) is 9.10. The minimum atomic E-state index is -0.697. The maximum absolute atomic E-state index is 12.3. The van der Waals surface area contributed by atoms with Gasteiger partial charge in [0.2, 0.25) is 0 Å². The number of nitrogens with one attached hydrogen (secondary N) is 2. The molecule has 0 atom stereocenters. The molecule has 3 rings (SSSR count). The summed E-state index contributed by atoms with van der Waals surface area (Å²) < 4.78 is 15.3. The van der Waals surface area contributed by atoms with E-state index in [-0.39, 0.29) is 17.5 Å². The number of ether oxygens (including phenoxy) is 3. The molecule has 0 aromatic heterocycles. The average Bonchev–Trinajstić information content (AvgIpc) is 3.55. The van der Waals surface area contributed by atoms with Gasteiger partial charge in [-0.2, -0.15) is 0 Å². The number of para-hydroxylation sites is 1. The molecule has 2 N–H and O–H groups in total. The molecule has 0 spiro atoms. The highest BCUT2D eigenvalue weighted by Crippen LogP contribution is 2.23. The second kappa shape index (κ2) is 9.09. The average molecular weight is 398 g/mol. The fourth-order valence-corrected chi connectivity index (χ4v) is 2.61. The number of rotatable bonds is 8. The van der Waals surface area contributed by atoms with E-state index in [0.717, 1.165) is 12.8 Å². The molecule has 0 saturated heterocycles. The van der Waals surface area contributed by atoms with Gasteiger partial charge in [0.1, 0.15) is 11.5 Å². The summed E-state index contributed by atoms with van der Waals surface area (Å²) in [6.07, 6.45) is 1.93. The minimum absolute atomic E-state index is 0.193. The molecule has 29 heavy (non-hydrogen) atoms. The Labute approximate surface area is 168 Å². The first-order chi connectivity index (χ1) is 14.0. The highest BCUT2D eigenvalue weighted by molar-refractivity contribution is 6.04. The zero-order chi connectivity index (χ0) is 20.8. The van der Waals surface area contributed by atoms with Gasteiger partial charge in [-0.3, -0.25) is 9.59 Å². The van der Waals surface area contributed by atoms with Crippen molar-refractivity contribution in [1.82, 2.24) is 5.32 Å². The molecule has 8 heteroatoms. The molecular weight excluding hydrogens is 376 g/mol. The zero-order valence-electron chi connectivity index (χ0n) is 16.2. The number of hydrogen-bond donors (Lipinski definition) is 2. The third kappa shape index (κ3) is 5.47. The van der Waals surface area contributed by atoms with Crippen LogP contribution in [0.5, 0.6) is 11.5 Å². The van der Waals surface area contributed by atoms with Gasteiger partial charge in [0.05, 0.1) is 31.0 Å². The molecule has 0 radical (unpaired) electrons. The quantitative estimate of drug-likeness (QED) is 0.662. The lowest BCUT2D eigenvalue weighted by Gasteiger charge is -2.12. The van der Waals surface area contributed by atoms with Crippen LogP contribution in [0.3, 0.4) is 0 Å². The van der Waals surface area contributed by atoms with E-state index in [9.17, 15) is 14.4 Å². The second-order valence-electron chi connectivity index (χ2n) is 6.52. The first kappa shape index (κ1) is 20.2. The van der Waals surface area contributed by atoms with Gasteiger partial charge >= 0.3 is 5.97 Å². The van der Waals surface area contributed by atoms with E-state index >= 15 is 0 Å². The van der Waals surface area contributed by atoms with E-state index in [2.05, 4.69) is 10.6 Å². The molecule has 0 unspecified atom stereocenters. The van der Waals surface area contributed by atoms with Crippen LogP contribution in [0, 0.1) is 0 Å². The van der Waals surface area contributed by atoms with Crippen molar-refractivity contribution < 1.29 is 28.6 Å². The number of esters is 1. The van der Waals surface area contributed by atoms with Crippen molar-refractivity contribution in [2.45, 2.75) is 18.9 Å². The second-order valence-corrected chi connectivity index (χ2v) is 6.52. The van der Waals surface area contributed by atoms with Crippen molar-refractivity contribution in [2.24, 2.45) is 0 Å². The van der Waals surface area contributed by atoms with Gasteiger partial charge in [-0.15, -0.1) is 0 Å². The molecule has 1 aliphatic rings. The molecule has 0 aliphatic heterocycles. The molecule has 0 bridgehead atoms. The van der Waals surface area contributed by atoms with Crippen LogP contribution in [-0.2, 0) is 9.53 Å². The Bertz CT molecular complexity index is 901. The summed E-state index contributed by atoms with van der Waals surface area (Å²) in [7, 11) is 2.93. The summed E-state index contributed by atoms with van der Waals surface area (Å²) in [5, 5.41) is 5.49. The van der Waals surface area contributed by atoms with Crippen molar-refractivity contribution in [1.29, 1.82) is 0 Å². The van der Waals surface area contributed by atoms with Crippen LogP contribution in [0.15, 0.2) is 42.5 Å². The summed E-state index contributed by atoms with van der Waals surface area (Å²) in [6, 6.07) is 11.5. The number of hydrogen-bond acceptors (Lipinski definition) is 6. The number of methoxy groups -OCH3 is 2. The van der Waals surface area contributed by atoms with Crippen LogP contribution in [-0.4, -0.2) is 44.7 Å². The van der Waals surface area contributed by atoms with Gasteiger partial charge in [0.15, 0.2) is 6.61 Å². The number of carbonyl (C=O) groups excluding carboxylic acids is 3. The highest BCUT2D eigenvalue weighted by atomic mass is 16.5. The molecule has 1 aliphatic carbocycles. The summed E-state index contributed by atoms with van der Waals surface area (Å²) in [5.74, 6) is -0.645. The molecular formula is C21H22N2O6. The van der Waals surface area contributed by atoms with Crippen LogP contribution in [0.2, 0.25) is 0 Å². The lowest BCUT2D eigenvalue weighted by Crippen LogP contribution is -2.28. The monoisotopic (exact) mass is 398 g/mol. The van der Waals surface area contributed by atoms with Crippen molar-refractivity contribution in [2.75, 3.05) is 26.1 Å². The minimum Gasteiger partial charge on any atom is -0.497 e. The zero-order valence-corrected chi connectivity index (χ0v) is 16.2. The predicted molar refractivity (Wildman–Crippen MR) is 105 cm³/mol. The number of benzene rings is 2. The Morgan fingerprint density at radius 2 is 1.66 bits per heavy atom. The Kier molecular flexibility index (Phi) is 6.33. The van der Waals surface area contributed by atoms with Crippen LogP contribution in [0.25, 0.3) is 0 Å². The lowest BCUT2D eigenvalue weighted by atomic mass is 10.1. The van der Waals surface area contributed by atoms with Crippen LogP contribution < -0.4 is 20.1 Å².